The molecule has 0 unspecified atom stereocenters. The summed E-state index contributed by atoms with van der Waals surface area (Å²) in [6, 6.07) is 9.60. The zero-order chi connectivity index (χ0) is 14.8. The van der Waals surface area contributed by atoms with Crippen LogP contribution in [-0.2, 0) is 4.74 Å². The van der Waals surface area contributed by atoms with Crippen LogP contribution in [0.3, 0.4) is 0 Å². The van der Waals surface area contributed by atoms with Crippen molar-refractivity contribution in [2.75, 3.05) is 13.1 Å². The van der Waals surface area contributed by atoms with Gasteiger partial charge in [-0.25, -0.2) is 4.79 Å². The number of hydrogen-bond acceptors (Lipinski definition) is 3. The summed E-state index contributed by atoms with van der Waals surface area (Å²) in [6.45, 7) is 6.54. The van der Waals surface area contributed by atoms with E-state index in [4.69, 9.17) is 10.00 Å². The van der Waals surface area contributed by atoms with Crippen LogP contribution in [0, 0.1) is 11.3 Å². The standard InChI is InChI=1S/C16H18N2O2/c1-16(2,3)20-15(19)18-9-8-13(11-18)14-7-5-4-6-12(14)10-17/h4-8H,9,11H2,1-3H3. The molecule has 0 bridgehead atoms. The van der Waals surface area contributed by atoms with Gasteiger partial charge in [-0.3, -0.25) is 0 Å². The van der Waals surface area contributed by atoms with E-state index in [0.717, 1.165) is 11.1 Å². The number of carbonyl (C=O) groups excluding carboxylic acids is 1. The average Bonchev–Trinajstić information content (AvgIpc) is 2.86. The van der Waals surface area contributed by atoms with Gasteiger partial charge >= 0.3 is 6.09 Å². The molecular formula is C16H18N2O2. The van der Waals surface area contributed by atoms with Crippen LogP contribution < -0.4 is 0 Å². The van der Waals surface area contributed by atoms with E-state index < -0.39 is 5.60 Å². The molecule has 1 amide bonds. The van der Waals surface area contributed by atoms with E-state index in [1.54, 1.807) is 11.0 Å². The number of ether oxygens (including phenoxy) is 1. The van der Waals surface area contributed by atoms with E-state index >= 15 is 0 Å². The Balaban J connectivity index is 2.09. The molecule has 1 aliphatic heterocycles. The van der Waals surface area contributed by atoms with Gasteiger partial charge in [-0.15, -0.1) is 0 Å². The van der Waals surface area contributed by atoms with Crippen molar-refractivity contribution in [3.05, 3.63) is 41.5 Å². The lowest BCUT2D eigenvalue weighted by Gasteiger charge is -2.24. The van der Waals surface area contributed by atoms with Crippen LogP contribution in [0.15, 0.2) is 30.3 Å². The largest absolute Gasteiger partial charge is 0.444 e. The quantitative estimate of drug-likeness (QED) is 0.787. The van der Waals surface area contributed by atoms with Gasteiger partial charge in [-0.05, 0) is 38.0 Å². The van der Waals surface area contributed by atoms with Crippen LogP contribution in [0.1, 0.15) is 31.9 Å². The Kier molecular flexibility index (Phi) is 3.80. The van der Waals surface area contributed by atoms with Crippen LogP contribution in [0.25, 0.3) is 5.57 Å². The van der Waals surface area contributed by atoms with E-state index in [9.17, 15) is 4.79 Å². The lowest BCUT2D eigenvalue weighted by molar-refractivity contribution is 0.0306. The highest BCUT2D eigenvalue weighted by molar-refractivity contribution is 5.79. The number of benzene rings is 1. The Morgan fingerprint density at radius 3 is 2.70 bits per heavy atom. The molecule has 0 spiro atoms. The Labute approximate surface area is 119 Å². The van der Waals surface area contributed by atoms with Crippen molar-refractivity contribution in [2.45, 2.75) is 26.4 Å². The molecule has 0 N–H and O–H groups in total. The summed E-state index contributed by atoms with van der Waals surface area (Å²) in [5.41, 5.74) is 2.02. The lowest BCUT2D eigenvalue weighted by Crippen LogP contribution is -2.35. The monoisotopic (exact) mass is 270 g/mol. The minimum atomic E-state index is -0.496. The first-order valence-electron chi connectivity index (χ1n) is 6.57. The van der Waals surface area contributed by atoms with Crippen LogP contribution in [-0.4, -0.2) is 29.7 Å². The van der Waals surface area contributed by atoms with Crippen LogP contribution in [0.5, 0.6) is 0 Å². The summed E-state index contributed by atoms with van der Waals surface area (Å²) < 4.78 is 5.35. The van der Waals surface area contributed by atoms with E-state index in [-0.39, 0.29) is 6.09 Å². The van der Waals surface area contributed by atoms with Crippen LogP contribution >= 0.6 is 0 Å². The van der Waals surface area contributed by atoms with E-state index in [1.165, 1.54) is 0 Å². The molecule has 1 aromatic carbocycles. The minimum Gasteiger partial charge on any atom is -0.444 e. The fraction of sp³-hybridized carbons (Fsp3) is 0.375. The Hall–Kier alpha value is -2.28. The molecule has 0 fully saturated rings. The molecule has 104 valence electrons. The molecule has 4 heteroatoms. The van der Waals surface area contributed by atoms with Gasteiger partial charge in [0.1, 0.15) is 5.60 Å². The van der Waals surface area contributed by atoms with Crippen LogP contribution in [0.4, 0.5) is 4.79 Å². The third kappa shape index (κ3) is 3.18. The molecule has 0 aliphatic carbocycles. The predicted octanol–water partition coefficient (Wildman–Crippen LogP) is 3.19. The van der Waals surface area contributed by atoms with Crippen molar-refractivity contribution < 1.29 is 9.53 Å². The number of hydrogen-bond donors (Lipinski definition) is 0. The topological polar surface area (TPSA) is 53.3 Å². The average molecular weight is 270 g/mol. The maximum absolute atomic E-state index is 12.0. The van der Waals surface area contributed by atoms with E-state index in [1.807, 2.05) is 45.0 Å². The van der Waals surface area contributed by atoms with Gasteiger partial charge in [0.15, 0.2) is 0 Å². The molecule has 20 heavy (non-hydrogen) atoms. The number of nitrogens with zero attached hydrogens (tertiary/aromatic N) is 2. The molecule has 4 nitrogen and oxygen atoms in total. The Morgan fingerprint density at radius 2 is 2.05 bits per heavy atom. The summed E-state index contributed by atoms with van der Waals surface area (Å²) in [7, 11) is 0. The SMILES string of the molecule is CC(C)(C)OC(=O)N1CC=C(c2ccccc2C#N)C1. The third-order valence-corrected chi connectivity index (χ3v) is 2.96. The van der Waals surface area contributed by atoms with Gasteiger partial charge in [-0.2, -0.15) is 5.26 Å². The molecule has 0 saturated carbocycles. The zero-order valence-electron chi connectivity index (χ0n) is 12.0. The summed E-state index contributed by atoms with van der Waals surface area (Å²) in [5.74, 6) is 0. The molecule has 2 rings (SSSR count). The van der Waals surface area contributed by atoms with Gasteiger partial charge in [0.2, 0.25) is 0 Å². The van der Waals surface area contributed by atoms with Gasteiger partial charge in [0.05, 0.1) is 11.6 Å². The molecular weight excluding hydrogens is 252 g/mol. The Morgan fingerprint density at radius 1 is 1.35 bits per heavy atom. The number of nitriles is 1. The highest BCUT2D eigenvalue weighted by atomic mass is 16.6. The van der Waals surface area contributed by atoms with Crippen LogP contribution in [0.2, 0.25) is 0 Å². The molecule has 1 aromatic rings. The van der Waals surface area contributed by atoms with Crippen molar-refractivity contribution in [1.29, 1.82) is 5.26 Å². The van der Waals surface area contributed by atoms with Crippen molar-refractivity contribution in [3.8, 4) is 6.07 Å². The molecule has 0 aromatic heterocycles. The second-order valence-corrected chi connectivity index (χ2v) is 5.75. The fourth-order valence-corrected chi connectivity index (χ4v) is 2.08. The maximum Gasteiger partial charge on any atom is 0.410 e. The van der Waals surface area contributed by atoms with Crippen molar-refractivity contribution in [1.82, 2.24) is 4.90 Å². The van der Waals surface area contributed by atoms with Gasteiger partial charge in [0.25, 0.3) is 0 Å². The first-order valence-corrected chi connectivity index (χ1v) is 6.57. The number of rotatable bonds is 1. The summed E-state index contributed by atoms with van der Waals surface area (Å²) in [5, 5.41) is 9.12. The highest BCUT2D eigenvalue weighted by Gasteiger charge is 2.26. The molecule has 1 aliphatic rings. The third-order valence-electron chi connectivity index (χ3n) is 2.96. The zero-order valence-corrected chi connectivity index (χ0v) is 12.0. The molecule has 1 heterocycles. The van der Waals surface area contributed by atoms with Crippen molar-refractivity contribution in [2.24, 2.45) is 0 Å². The highest BCUT2D eigenvalue weighted by Crippen LogP contribution is 2.25. The second-order valence-electron chi connectivity index (χ2n) is 5.75. The van der Waals surface area contributed by atoms with Gasteiger partial charge in [0, 0.05) is 13.1 Å². The first kappa shape index (κ1) is 14.1. The van der Waals surface area contributed by atoms with E-state index in [2.05, 4.69) is 6.07 Å². The predicted molar refractivity (Wildman–Crippen MR) is 76.9 cm³/mol. The molecule has 0 saturated heterocycles. The minimum absolute atomic E-state index is 0.321. The summed E-state index contributed by atoms with van der Waals surface area (Å²) >= 11 is 0. The summed E-state index contributed by atoms with van der Waals surface area (Å²) in [6.07, 6.45) is 1.65. The number of carbonyl (C=O) groups is 1. The summed E-state index contributed by atoms with van der Waals surface area (Å²) in [4.78, 5) is 13.6. The van der Waals surface area contributed by atoms with Crippen molar-refractivity contribution in [3.63, 3.8) is 0 Å². The Bertz CT molecular complexity index is 591. The molecule has 0 atom stereocenters. The molecule has 0 radical (unpaired) electrons. The lowest BCUT2D eigenvalue weighted by atomic mass is 10.0. The van der Waals surface area contributed by atoms with E-state index in [0.29, 0.717) is 18.7 Å². The number of amides is 1. The fourth-order valence-electron chi connectivity index (χ4n) is 2.08. The van der Waals surface area contributed by atoms with Gasteiger partial charge < -0.3 is 9.64 Å². The van der Waals surface area contributed by atoms with Crippen molar-refractivity contribution >= 4 is 11.7 Å². The maximum atomic E-state index is 12.0. The first-order chi connectivity index (χ1) is 9.40. The normalized spacial score (nSPS) is 14.7. The second kappa shape index (κ2) is 5.38. The smallest absolute Gasteiger partial charge is 0.410 e. The van der Waals surface area contributed by atoms with Gasteiger partial charge in [-0.1, -0.05) is 24.3 Å².